The summed E-state index contributed by atoms with van der Waals surface area (Å²) in [6, 6.07) is 44.1. The van der Waals surface area contributed by atoms with Crippen molar-refractivity contribution in [2.45, 2.75) is 13.8 Å². The van der Waals surface area contributed by atoms with Gasteiger partial charge in [-0.25, -0.2) is 15.0 Å². The predicted octanol–water partition coefficient (Wildman–Crippen LogP) is 10.8. The number of furan rings is 1. The minimum absolute atomic E-state index is 0.661. The summed E-state index contributed by atoms with van der Waals surface area (Å²) in [6.45, 7) is 4.37. The van der Waals surface area contributed by atoms with Crippen LogP contribution in [0.2, 0.25) is 0 Å². The van der Waals surface area contributed by atoms with E-state index in [0.717, 1.165) is 49.8 Å². The molecule has 0 bridgehead atoms. The van der Waals surface area contributed by atoms with Crippen molar-refractivity contribution in [2.24, 2.45) is 0 Å². The molecule has 212 valence electrons. The fraction of sp³-hybridized carbons (Fsp3) is 0.0488. The molecule has 0 saturated carbocycles. The second-order valence-corrected chi connectivity index (χ2v) is 11.7. The minimum atomic E-state index is 0.661. The van der Waals surface area contributed by atoms with Gasteiger partial charge in [0.05, 0.1) is 0 Å². The summed E-state index contributed by atoms with van der Waals surface area (Å²) in [5, 5.41) is 9.52. The largest absolute Gasteiger partial charge is 0.456 e. The van der Waals surface area contributed by atoms with Crippen LogP contribution in [0.5, 0.6) is 0 Å². The van der Waals surface area contributed by atoms with Crippen LogP contribution in [0, 0.1) is 13.8 Å². The van der Waals surface area contributed by atoms with Crippen LogP contribution in [0.3, 0.4) is 0 Å². The Morgan fingerprint density at radius 2 is 0.978 bits per heavy atom. The van der Waals surface area contributed by atoms with E-state index in [2.05, 4.69) is 68.4 Å². The zero-order valence-corrected chi connectivity index (χ0v) is 24.9. The van der Waals surface area contributed by atoms with Crippen LogP contribution < -0.4 is 0 Å². The normalized spacial score (nSPS) is 11.8. The zero-order chi connectivity index (χ0) is 30.1. The molecule has 2 heterocycles. The third-order valence-corrected chi connectivity index (χ3v) is 8.99. The van der Waals surface area contributed by atoms with E-state index in [-0.39, 0.29) is 0 Å². The van der Waals surface area contributed by atoms with Crippen LogP contribution in [0.4, 0.5) is 0 Å². The molecule has 9 aromatic rings. The van der Waals surface area contributed by atoms with Crippen LogP contribution in [0.25, 0.3) is 88.4 Å². The van der Waals surface area contributed by atoms with E-state index in [1.165, 1.54) is 32.3 Å². The number of rotatable bonds is 3. The molecule has 0 unspecified atom stereocenters. The van der Waals surface area contributed by atoms with Gasteiger partial charge in [0.1, 0.15) is 11.2 Å². The van der Waals surface area contributed by atoms with Crippen LogP contribution in [-0.2, 0) is 0 Å². The number of aryl methyl sites for hydroxylation is 2. The van der Waals surface area contributed by atoms with Gasteiger partial charge in [-0.2, -0.15) is 0 Å². The number of benzene rings is 7. The topological polar surface area (TPSA) is 51.8 Å². The molecule has 9 rings (SSSR count). The van der Waals surface area contributed by atoms with Crippen molar-refractivity contribution in [1.82, 2.24) is 15.0 Å². The Morgan fingerprint density at radius 1 is 0.422 bits per heavy atom. The molecule has 4 nitrogen and oxygen atoms in total. The average molecular weight is 578 g/mol. The smallest absolute Gasteiger partial charge is 0.164 e. The summed E-state index contributed by atoms with van der Waals surface area (Å²) < 4.78 is 6.36. The Balaban J connectivity index is 1.38. The summed E-state index contributed by atoms with van der Waals surface area (Å²) in [6.07, 6.45) is 0. The van der Waals surface area contributed by atoms with Crippen molar-refractivity contribution in [3.8, 4) is 34.2 Å². The Morgan fingerprint density at radius 3 is 1.67 bits per heavy atom. The number of para-hydroxylation sites is 1. The average Bonchev–Trinajstić information content (AvgIpc) is 3.46. The number of hydrogen-bond donors (Lipinski definition) is 0. The molecule has 0 atom stereocenters. The first kappa shape index (κ1) is 25.6. The zero-order valence-electron chi connectivity index (χ0n) is 24.9. The van der Waals surface area contributed by atoms with E-state index in [0.29, 0.717) is 17.5 Å². The first-order valence-electron chi connectivity index (χ1n) is 15.2. The first-order chi connectivity index (χ1) is 22.1. The van der Waals surface area contributed by atoms with Crippen LogP contribution >= 0.6 is 0 Å². The van der Waals surface area contributed by atoms with E-state index in [1.807, 2.05) is 72.8 Å². The summed E-state index contributed by atoms with van der Waals surface area (Å²) in [5.41, 5.74) is 7.03. The minimum Gasteiger partial charge on any atom is -0.456 e. The number of nitrogens with zero attached hydrogens (tertiary/aromatic N) is 3. The summed E-state index contributed by atoms with van der Waals surface area (Å²) in [4.78, 5) is 15.1. The lowest BCUT2D eigenvalue weighted by Gasteiger charge is -2.18. The van der Waals surface area contributed by atoms with Gasteiger partial charge in [-0.1, -0.05) is 109 Å². The lowest BCUT2D eigenvalue weighted by Crippen LogP contribution is -2.03. The second-order valence-electron chi connectivity index (χ2n) is 11.7. The number of aromatic nitrogens is 3. The molecule has 0 radical (unpaired) electrons. The Bertz CT molecular complexity index is 2550. The summed E-state index contributed by atoms with van der Waals surface area (Å²) in [7, 11) is 0. The molecule has 2 aromatic heterocycles. The highest BCUT2D eigenvalue weighted by Crippen LogP contribution is 2.43. The fourth-order valence-electron chi connectivity index (χ4n) is 6.96. The molecule has 0 amide bonds. The van der Waals surface area contributed by atoms with E-state index >= 15 is 0 Å². The summed E-state index contributed by atoms with van der Waals surface area (Å²) in [5.74, 6) is 2.00. The van der Waals surface area contributed by atoms with E-state index in [1.54, 1.807) is 0 Å². The maximum atomic E-state index is 6.36. The molecule has 0 N–H and O–H groups in total. The maximum Gasteiger partial charge on any atom is 0.164 e. The Labute approximate surface area is 259 Å². The van der Waals surface area contributed by atoms with Gasteiger partial charge in [-0.15, -0.1) is 0 Å². The number of fused-ring (bicyclic) bond motifs is 9. The van der Waals surface area contributed by atoms with Crippen molar-refractivity contribution in [1.29, 1.82) is 0 Å². The maximum absolute atomic E-state index is 6.36. The monoisotopic (exact) mass is 577 g/mol. The third-order valence-electron chi connectivity index (χ3n) is 8.99. The van der Waals surface area contributed by atoms with Crippen LogP contribution in [-0.4, -0.2) is 15.0 Å². The molecule has 45 heavy (non-hydrogen) atoms. The highest BCUT2D eigenvalue weighted by Gasteiger charge is 2.21. The highest BCUT2D eigenvalue weighted by molar-refractivity contribution is 6.29. The van der Waals surface area contributed by atoms with Crippen molar-refractivity contribution in [3.63, 3.8) is 0 Å². The van der Waals surface area contributed by atoms with Crippen molar-refractivity contribution < 1.29 is 4.42 Å². The van der Waals surface area contributed by atoms with E-state index in [9.17, 15) is 0 Å². The van der Waals surface area contributed by atoms with Gasteiger partial charge in [0.15, 0.2) is 17.5 Å². The van der Waals surface area contributed by atoms with E-state index in [4.69, 9.17) is 19.4 Å². The molecular weight excluding hydrogens is 550 g/mol. The molecule has 0 spiro atoms. The van der Waals surface area contributed by atoms with Gasteiger partial charge < -0.3 is 4.42 Å². The third kappa shape index (κ3) is 3.96. The predicted molar refractivity (Wildman–Crippen MR) is 185 cm³/mol. The quantitative estimate of drug-likeness (QED) is 0.196. The lowest BCUT2D eigenvalue weighted by molar-refractivity contribution is 0.669. The van der Waals surface area contributed by atoms with Gasteiger partial charge in [0.25, 0.3) is 0 Å². The molecule has 0 aliphatic heterocycles. The van der Waals surface area contributed by atoms with Gasteiger partial charge >= 0.3 is 0 Å². The van der Waals surface area contributed by atoms with Crippen molar-refractivity contribution in [2.75, 3.05) is 0 Å². The molecule has 0 fully saturated rings. The highest BCUT2D eigenvalue weighted by atomic mass is 16.3. The first-order valence-corrected chi connectivity index (χ1v) is 15.2. The van der Waals surface area contributed by atoms with Gasteiger partial charge in [0.2, 0.25) is 0 Å². The molecule has 0 aliphatic carbocycles. The molecule has 0 aliphatic rings. The van der Waals surface area contributed by atoms with Gasteiger partial charge in [-0.3, -0.25) is 0 Å². The lowest BCUT2D eigenvalue weighted by atomic mass is 9.87. The Hall–Kier alpha value is -5.87. The standard InChI is InChI=1S/C41H27N3O/c1-24-21-34-32-23-36-33(29-18-11-12-20-35(29)45-36)22-31(32)28-17-9-10-19-30(28)38(34)25(2)37(24)41-43-39(26-13-5-3-6-14-26)42-40(44-41)27-15-7-4-8-16-27/h3-23H,1-2H3. The van der Waals surface area contributed by atoms with Crippen molar-refractivity contribution >= 4 is 54.3 Å². The SMILES string of the molecule is Cc1cc2c3cc4oc5ccccc5c4cc3c3ccccc3c2c(C)c1-c1nc(-c2ccccc2)nc(-c2ccccc2)n1. The number of hydrogen-bond acceptors (Lipinski definition) is 4. The molecular formula is C41H27N3O. The van der Waals surface area contributed by atoms with Gasteiger partial charge in [-0.05, 0) is 75.5 Å². The Kier molecular flexibility index (Phi) is 5.59. The second kappa shape index (κ2) is 9.83. The molecule has 4 heteroatoms. The van der Waals surface area contributed by atoms with E-state index < -0.39 is 0 Å². The molecule has 0 saturated heterocycles. The van der Waals surface area contributed by atoms with Crippen LogP contribution in [0.1, 0.15) is 11.1 Å². The molecule has 7 aromatic carbocycles. The summed E-state index contributed by atoms with van der Waals surface area (Å²) >= 11 is 0. The van der Waals surface area contributed by atoms with Crippen molar-refractivity contribution in [3.05, 3.63) is 139 Å². The fourth-order valence-corrected chi connectivity index (χ4v) is 6.96. The van der Waals surface area contributed by atoms with Crippen LogP contribution in [0.15, 0.2) is 132 Å². The van der Waals surface area contributed by atoms with Gasteiger partial charge in [0, 0.05) is 27.5 Å².